The number of hydrogen-bond acceptors (Lipinski definition) is 4. The van der Waals surface area contributed by atoms with Gasteiger partial charge in [-0.1, -0.05) is 6.07 Å². The Kier molecular flexibility index (Phi) is 5.16. The van der Waals surface area contributed by atoms with Crippen LogP contribution in [0.1, 0.15) is 18.4 Å². The van der Waals surface area contributed by atoms with Crippen molar-refractivity contribution in [1.29, 1.82) is 0 Å². The Balaban J connectivity index is 1.64. The number of hydrogen-bond donors (Lipinski definition) is 1. The van der Waals surface area contributed by atoms with Crippen LogP contribution in [0, 0.1) is 6.92 Å². The smallest absolute Gasteiger partial charge is 0.318 e. The van der Waals surface area contributed by atoms with Crippen LogP contribution in [0.25, 0.3) is 0 Å². The van der Waals surface area contributed by atoms with Crippen molar-refractivity contribution in [1.82, 2.24) is 10.2 Å². The molecule has 1 aromatic carbocycles. The van der Waals surface area contributed by atoms with Gasteiger partial charge in [0.25, 0.3) is 0 Å². The van der Waals surface area contributed by atoms with E-state index in [9.17, 15) is 9.59 Å². The summed E-state index contributed by atoms with van der Waals surface area (Å²) < 4.78 is 10.7. The molecule has 0 radical (unpaired) electrons. The molecule has 0 aliphatic carbocycles. The van der Waals surface area contributed by atoms with Crippen molar-refractivity contribution in [2.45, 2.75) is 26.4 Å². The molecule has 0 bridgehead atoms. The van der Waals surface area contributed by atoms with E-state index in [-0.39, 0.29) is 11.9 Å². The molecule has 2 heterocycles. The Bertz CT molecular complexity index is 802. The molecular formula is C19H23N3O4. The van der Waals surface area contributed by atoms with Crippen molar-refractivity contribution >= 4 is 17.6 Å². The van der Waals surface area contributed by atoms with Crippen molar-refractivity contribution < 1.29 is 18.7 Å². The lowest BCUT2D eigenvalue weighted by Crippen LogP contribution is -2.59. The van der Waals surface area contributed by atoms with Crippen molar-refractivity contribution in [2.75, 3.05) is 25.1 Å². The van der Waals surface area contributed by atoms with Crippen LogP contribution in [-0.4, -0.2) is 43.1 Å². The van der Waals surface area contributed by atoms with E-state index in [0.29, 0.717) is 31.1 Å². The van der Waals surface area contributed by atoms with Crippen LogP contribution in [0.15, 0.2) is 40.8 Å². The molecule has 0 saturated carbocycles. The highest BCUT2D eigenvalue weighted by atomic mass is 16.5. The average molecular weight is 357 g/mol. The van der Waals surface area contributed by atoms with Gasteiger partial charge in [0.15, 0.2) is 0 Å². The molecule has 26 heavy (non-hydrogen) atoms. The Labute approximate surface area is 152 Å². The van der Waals surface area contributed by atoms with E-state index in [1.54, 1.807) is 23.8 Å². The predicted octanol–water partition coefficient (Wildman–Crippen LogP) is 2.54. The third-order valence-corrected chi connectivity index (χ3v) is 4.49. The van der Waals surface area contributed by atoms with Gasteiger partial charge in [0.2, 0.25) is 5.91 Å². The first-order chi connectivity index (χ1) is 12.5. The SMILES string of the molecule is COc1cccc(N2CCN(C(=O)NCc3ccc(C)o3)[C@@H](C)C2=O)c1. The summed E-state index contributed by atoms with van der Waals surface area (Å²) in [4.78, 5) is 28.5. The van der Waals surface area contributed by atoms with Gasteiger partial charge in [-0.25, -0.2) is 4.79 Å². The van der Waals surface area contributed by atoms with Gasteiger partial charge in [0.05, 0.1) is 13.7 Å². The second-order valence-corrected chi connectivity index (χ2v) is 6.23. The standard InChI is InChI=1S/C19H23N3O4/c1-13-7-8-17(26-13)12-20-19(24)21-9-10-22(18(23)14(21)2)15-5-4-6-16(11-15)25-3/h4-8,11,14H,9-10,12H2,1-3H3,(H,20,24)/t14-/m0/s1. The Hall–Kier alpha value is -2.96. The number of rotatable bonds is 4. The molecule has 1 aromatic heterocycles. The number of carbonyl (C=O) groups is 2. The van der Waals surface area contributed by atoms with Crippen molar-refractivity contribution in [3.05, 3.63) is 47.9 Å². The van der Waals surface area contributed by atoms with Crippen LogP contribution < -0.4 is 15.0 Å². The molecule has 1 N–H and O–H groups in total. The number of aryl methyl sites for hydroxylation is 1. The molecule has 2 aromatic rings. The van der Waals surface area contributed by atoms with Crippen LogP contribution in [0.3, 0.4) is 0 Å². The Morgan fingerprint density at radius 1 is 1.31 bits per heavy atom. The summed E-state index contributed by atoms with van der Waals surface area (Å²) in [5.41, 5.74) is 0.771. The number of amides is 3. The molecule has 1 atom stereocenters. The van der Waals surface area contributed by atoms with Gasteiger partial charge in [-0.15, -0.1) is 0 Å². The summed E-state index contributed by atoms with van der Waals surface area (Å²) >= 11 is 0. The lowest BCUT2D eigenvalue weighted by atomic mass is 10.1. The number of piperazine rings is 1. The first-order valence-electron chi connectivity index (χ1n) is 8.55. The summed E-state index contributed by atoms with van der Waals surface area (Å²) in [7, 11) is 1.59. The zero-order chi connectivity index (χ0) is 18.7. The number of carbonyl (C=O) groups excluding carboxylic acids is 2. The summed E-state index contributed by atoms with van der Waals surface area (Å²) in [6.07, 6.45) is 0. The number of nitrogens with zero attached hydrogens (tertiary/aromatic N) is 2. The van der Waals surface area contributed by atoms with Crippen molar-refractivity contribution in [2.24, 2.45) is 0 Å². The Morgan fingerprint density at radius 2 is 2.12 bits per heavy atom. The molecule has 1 fully saturated rings. The topological polar surface area (TPSA) is 75.0 Å². The maximum Gasteiger partial charge on any atom is 0.318 e. The summed E-state index contributed by atoms with van der Waals surface area (Å²) in [5, 5.41) is 2.81. The minimum Gasteiger partial charge on any atom is -0.497 e. The zero-order valence-electron chi connectivity index (χ0n) is 15.2. The van der Waals surface area contributed by atoms with E-state index in [4.69, 9.17) is 9.15 Å². The third kappa shape index (κ3) is 3.66. The normalized spacial score (nSPS) is 17.3. The van der Waals surface area contributed by atoms with E-state index in [0.717, 1.165) is 11.4 Å². The molecule has 138 valence electrons. The number of benzene rings is 1. The summed E-state index contributed by atoms with van der Waals surface area (Å²) in [6, 6.07) is 10.2. The van der Waals surface area contributed by atoms with Crippen LogP contribution in [-0.2, 0) is 11.3 Å². The van der Waals surface area contributed by atoms with E-state index in [1.807, 2.05) is 43.3 Å². The van der Waals surface area contributed by atoms with Gasteiger partial charge < -0.3 is 24.3 Å². The molecule has 0 spiro atoms. The van der Waals surface area contributed by atoms with Crippen LogP contribution in [0.5, 0.6) is 5.75 Å². The number of nitrogens with one attached hydrogen (secondary N) is 1. The van der Waals surface area contributed by atoms with E-state index < -0.39 is 6.04 Å². The lowest BCUT2D eigenvalue weighted by Gasteiger charge is -2.39. The molecule has 3 amide bonds. The minimum atomic E-state index is -0.548. The largest absolute Gasteiger partial charge is 0.497 e. The first-order valence-corrected chi connectivity index (χ1v) is 8.55. The average Bonchev–Trinajstić information content (AvgIpc) is 3.07. The Morgan fingerprint density at radius 3 is 2.81 bits per heavy atom. The predicted molar refractivity (Wildman–Crippen MR) is 97.2 cm³/mol. The minimum absolute atomic E-state index is 0.117. The second-order valence-electron chi connectivity index (χ2n) is 6.23. The third-order valence-electron chi connectivity index (χ3n) is 4.49. The highest BCUT2D eigenvalue weighted by Gasteiger charge is 2.35. The van der Waals surface area contributed by atoms with E-state index in [1.165, 1.54) is 0 Å². The van der Waals surface area contributed by atoms with Crippen molar-refractivity contribution in [3.63, 3.8) is 0 Å². The van der Waals surface area contributed by atoms with Crippen LogP contribution >= 0.6 is 0 Å². The molecule has 3 rings (SSSR count). The molecule has 0 unspecified atom stereocenters. The molecule has 1 aliphatic heterocycles. The maximum absolute atomic E-state index is 12.8. The molecular weight excluding hydrogens is 334 g/mol. The van der Waals surface area contributed by atoms with Gasteiger partial charge in [-0.2, -0.15) is 0 Å². The lowest BCUT2D eigenvalue weighted by molar-refractivity contribution is -0.124. The van der Waals surface area contributed by atoms with Crippen molar-refractivity contribution in [3.8, 4) is 5.75 Å². The quantitative estimate of drug-likeness (QED) is 0.912. The number of urea groups is 1. The van der Waals surface area contributed by atoms with Gasteiger partial charge >= 0.3 is 6.03 Å². The first kappa shape index (κ1) is 17.8. The van der Waals surface area contributed by atoms with Crippen LogP contribution in [0.2, 0.25) is 0 Å². The number of ether oxygens (including phenoxy) is 1. The summed E-state index contributed by atoms with van der Waals surface area (Å²) in [5.74, 6) is 2.06. The van der Waals surface area contributed by atoms with E-state index >= 15 is 0 Å². The second kappa shape index (κ2) is 7.51. The van der Waals surface area contributed by atoms with Gasteiger partial charge in [0, 0.05) is 24.8 Å². The fourth-order valence-corrected chi connectivity index (χ4v) is 3.03. The molecule has 1 aliphatic rings. The highest BCUT2D eigenvalue weighted by molar-refractivity contribution is 6.00. The highest BCUT2D eigenvalue weighted by Crippen LogP contribution is 2.24. The number of methoxy groups -OCH3 is 1. The van der Waals surface area contributed by atoms with Gasteiger partial charge in [-0.05, 0) is 38.1 Å². The van der Waals surface area contributed by atoms with Gasteiger partial charge in [-0.3, -0.25) is 4.79 Å². The fraction of sp³-hybridized carbons (Fsp3) is 0.368. The fourth-order valence-electron chi connectivity index (χ4n) is 3.03. The van der Waals surface area contributed by atoms with E-state index in [2.05, 4.69) is 5.32 Å². The number of anilines is 1. The molecule has 7 nitrogen and oxygen atoms in total. The summed E-state index contributed by atoms with van der Waals surface area (Å²) in [6.45, 7) is 4.77. The monoisotopic (exact) mass is 357 g/mol. The molecule has 7 heteroatoms. The number of furan rings is 1. The zero-order valence-corrected chi connectivity index (χ0v) is 15.2. The molecule has 1 saturated heterocycles. The van der Waals surface area contributed by atoms with Gasteiger partial charge in [0.1, 0.15) is 23.3 Å². The maximum atomic E-state index is 12.8. The van der Waals surface area contributed by atoms with Crippen LogP contribution in [0.4, 0.5) is 10.5 Å².